The average molecular weight is 155 g/mol. The molecule has 0 aromatic carbocycles. The largest absolute Gasteiger partial charge is 0.480 e. The lowest BCUT2D eigenvalue weighted by molar-refractivity contribution is -0.145. The summed E-state index contributed by atoms with van der Waals surface area (Å²) in [5.74, 6) is -0.799. The van der Waals surface area contributed by atoms with Crippen molar-refractivity contribution in [3.05, 3.63) is 0 Å². The van der Waals surface area contributed by atoms with Gasteiger partial charge >= 0.3 is 5.97 Å². The Labute approximate surface area is 65.6 Å². The molecule has 0 amide bonds. The molecule has 1 atom stereocenters. The second-order valence-electron chi connectivity index (χ2n) is 3.91. The van der Waals surface area contributed by atoms with Crippen LogP contribution in [0.4, 0.5) is 0 Å². The minimum atomic E-state index is -0.882. The number of carboxylic acids is 1. The number of rotatable bonds is 1. The molecular formula is C8H13NO2. The van der Waals surface area contributed by atoms with Crippen LogP contribution in [0, 0.1) is 5.41 Å². The Kier molecular flexibility index (Phi) is 1.15. The van der Waals surface area contributed by atoms with Gasteiger partial charge in [0.15, 0.2) is 0 Å². The van der Waals surface area contributed by atoms with Gasteiger partial charge in [-0.1, -0.05) is 6.42 Å². The first kappa shape index (κ1) is 7.10. The zero-order valence-corrected chi connectivity index (χ0v) is 6.47. The summed E-state index contributed by atoms with van der Waals surface area (Å²) in [7, 11) is 0. The summed E-state index contributed by atoms with van der Waals surface area (Å²) in [5.41, 5.74) is 4.96. The average Bonchev–Trinajstić information content (AvgIpc) is 2.60. The Balaban J connectivity index is 2.30. The predicted molar refractivity (Wildman–Crippen MR) is 40.1 cm³/mol. The molecule has 3 nitrogen and oxygen atoms in total. The zero-order chi connectivity index (χ0) is 8.11. The molecule has 62 valence electrons. The molecule has 0 heterocycles. The molecule has 0 aliphatic heterocycles. The number of carboxylic acid groups (broad SMARTS) is 1. The van der Waals surface area contributed by atoms with Crippen molar-refractivity contribution in [1.29, 1.82) is 0 Å². The summed E-state index contributed by atoms with van der Waals surface area (Å²) < 4.78 is 0. The van der Waals surface area contributed by atoms with Gasteiger partial charge in [-0.05, 0) is 31.1 Å². The van der Waals surface area contributed by atoms with Crippen molar-refractivity contribution in [2.24, 2.45) is 11.1 Å². The Morgan fingerprint density at radius 3 is 2.27 bits per heavy atom. The summed E-state index contributed by atoms with van der Waals surface area (Å²) in [6.07, 6.45) is 4.73. The van der Waals surface area contributed by atoms with Crippen molar-refractivity contribution in [1.82, 2.24) is 0 Å². The van der Waals surface area contributed by atoms with Crippen molar-refractivity contribution < 1.29 is 9.90 Å². The maximum Gasteiger partial charge on any atom is 0.324 e. The highest BCUT2D eigenvalue weighted by Gasteiger charge is 2.63. The number of nitrogens with two attached hydrogens (primary N) is 1. The van der Waals surface area contributed by atoms with Crippen molar-refractivity contribution in [2.45, 2.75) is 37.6 Å². The molecular weight excluding hydrogens is 142 g/mol. The monoisotopic (exact) mass is 155 g/mol. The van der Waals surface area contributed by atoms with Crippen molar-refractivity contribution in [3.63, 3.8) is 0 Å². The normalized spacial score (nSPS) is 39.4. The number of aliphatic carboxylic acids is 1. The van der Waals surface area contributed by atoms with Gasteiger partial charge in [0.05, 0.1) is 0 Å². The minimum Gasteiger partial charge on any atom is -0.480 e. The third kappa shape index (κ3) is 0.692. The Morgan fingerprint density at radius 1 is 1.27 bits per heavy atom. The summed E-state index contributed by atoms with van der Waals surface area (Å²) in [5, 5.41) is 8.92. The van der Waals surface area contributed by atoms with Gasteiger partial charge in [0.25, 0.3) is 0 Å². The quantitative estimate of drug-likeness (QED) is 0.586. The van der Waals surface area contributed by atoms with E-state index in [1.165, 1.54) is 0 Å². The van der Waals surface area contributed by atoms with Crippen LogP contribution in [0.2, 0.25) is 0 Å². The van der Waals surface area contributed by atoms with Crippen molar-refractivity contribution in [3.8, 4) is 0 Å². The fourth-order valence-corrected chi connectivity index (χ4v) is 2.37. The zero-order valence-electron chi connectivity index (χ0n) is 6.47. The van der Waals surface area contributed by atoms with Crippen molar-refractivity contribution >= 4 is 5.97 Å². The summed E-state index contributed by atoms with van der Waals surface area (Å²) in [6.45, 7) is 0. The van der Waals surface area contributed by atoms with Gasteiger partial charge in [-0.15, -0.1) is 0 Å². The predicted octanol–water partition coefficient (Wildman–Crippen LogP) is 0.733. The molecule has 0 aromatic rings. The highest BCUT2D eigenvalue weighted by molar-refractivity contribution is 5.81. The van der Waals surface area contributed by atoms with Crippen LogP contribution in [0.25, 0.3) is 0 Å². The molecule has 2 aliphatic rings. The van der Waals surface area contributed by atoms with Crippen LogP contribution in [0.1, 0.15) is 32.1 Å². The van der Waals surface area contributed by atoms with Crippen LogP contribution in [0.5, 0.6) is 0 Å². The number of hydrogen-bond donors (Lipinski definition) is 2. The number of carbonyl (C=O) groups is 1. The first-order valence-electron chi connectivity index (χ1n) is 4.13. The molecule has 0 radical (unpaired) electrons. The van der Waals surface area contributed by atoms with Gasteiger partial charge < -0.3 is 10.8 Å². The summed E-state index contributed by atoms with van der Waals surface area (Å²) in [4.78, 5) is 10.9. The van der Waals surface area contributed by atoms with E-state index in [0.29, 0.717) is 6.42 Å². The SMILES string of the molecule is NC1(C(=O)O)CCCC12CC2. The maximum absolute atomic E-state index is 10.9. The van der Waals surface area contributed by atoms with Gasteiger partial charge in [0.2, 0.25) is 0 Å². The van der Waals surface area contributed by atoms with E-state index in [0.717, 1.165) is 25.7 Å². The molecule has 0 bridgehead atoms. The van der Waals surface area contributed by atoms with Gasteiger partial charge in [0.1, 0.15) is 5.54 Å². The molecule has 0 aromatic heterocycles. The minimum absolute atomic E-state index is 0.00116. The highest BCUT2D eigenvalue weighted by atomic mass is 16.4. The van der Waals surface area contributed by atoms with E-state index < -0.39 is 11.5 Å². The van der Waals surface area contributed by atoms with E-state index in [4.69, 9.17) is 10.8 Å². The van der Waals surface area contributed by atoms with Crippen LogP contribution in [-0.2, 0) is 4.79 Å². The van der Waals surface area contributed by atoms with E-state index >= 15 is 0 Å². The second-order valence-corrected chi connectivity index (χ2v) is 3.91. The fraction of sp³-hybridized carbons (Fsp3) is 0.875. The van der Waals surface area contributed by atoms with Crippen molar-refractivity contribution in [2.75, 3.05) is 0 Å². The van der Waals surface area contributed by atoms with Gasteiger partial charge in [-0.3, -0.25) is 4.79 Å². The second kappa shape index (κ2) is 1.78. The molecule has 2 aliphatic carbocycles. The molecule has 1 unspecified atom stereocenters. The van der Waals surface area contributed by atoms with E-state index in [1.54, 1.807) is 0 Å². The molecule has 11 heavy (non-hydrogen) atoms. The topological polar surface area (TPSA) is 63.3 Å². The molecule has 0 saturated heterocycles. The van der Waals surface area contributed by atoms with Crippen LogP contribution >= 0.6 is 0 Å². The van der Waals surface area contributed by atoms with Gasteiger partial charge in [-0.25, -0.2) is 0 Å². The standard InChI is InChI=1S/C8H13NO2/c9-8(6(10)11)3-1-2-7(8)4-5-7/h1-5,9H2,(H,10,11). The molecule has 3 heteroatoms. The van der Waals surface area contributed by atoms with Crippen LogP contribution in [0.15, 0.2) is 0 Å². The first-order chi connectivity index (χ1) is 5.11. The maximum atomic E-state index is 10.9. The third-order valence-electron chi connectivity index (χ3n) is 3.41. The molecule has 2 rings (SSSR count). The van der Waals surface area contributed by atoms with E-state index in [2.05, 4.69) is 0 Å². The highest BCUT2D eigenvalue weighted by Crippen LogP contribution is 2.62. The van der Waals surface area contributed by atoms with Gasteiger partial charge in [-0.2, -0.15) is 0 Å². The van der Waals surface area contributed by atoms with Crippen LogP contribution < -0.4 is 5.73 Å². The Morgan fingerprint density at radius 2 is 1.91 bits per heavy atom. The van der Waals surface area contributed by atoms with E-state index in [9.17, 15) is 4.79 Å². The molecule has 2 fully saturated rings. The lowest BCUT2D eigenvalue weighted by Crippen LogP contribution is -2.52. The Hall–Kier alpha value is -0.570. The lowest BCUT2D eigenvalue weighted by Gasteiger charge is -2.26. The molecule has 1 spiro atoms. The van der Waals surface area contributed by atoms with Crippen LogP contribution in [0.3, 0.4) is 0 Å². The molecule has 2 saturated carbocycles. The van der Waals surface area contributed by atoms with Crippen LogP contribution in [-0.4, -0.2) is 16.6 Å². The lowest BCUT2D eigenvalue weighted by atomic mass is 9.85. The third-order valence-corrected chi connectivity index (χ3v) is 3.41. The van der Waals surface area contributed by atoms with Gasteiger partial charge in [0, 0.05) is 0 Å². The van der Waals surface area contributed by atoms with E-state index in [-0.39, 0.29) is 5.41 Å². The fourth-order valence-electron chi connectivity index (χ4n) is 2.37. The smallest absolute Gasteiger partial charge is 0.324 e. The Bertz CT molecular complexity index is 210. The molecule has 3 N–H and O–H groups in total. The first-order valence-corrected chi connectivity index (χ1v) is 4.13. The van der Waals surface area contributed by atoms with E-state index in [1.807, 2.05) is 0 Å². The number of hydrogen-bond acceptors (Lipinski definition) is 2. The summed E-state index contributed by atoms with van der Waals surface area (Å²) in [6, 6.07) is 0. The summed E-state index contributed by atoms with van der Waals surface area (Å²) >= 11 is 0.